The Bertz CT molecular complexity index is 353. The molecule has 0 bridgehead atoms. The van der Waals surface area contributed by atoms with E-state index in [-0.39, 0.29) is 0 Å². The summed E-state index contributed by atoms with van der Waals surface area (Å²) in [7, 11) is 0. The number of halogens is 1. The van der Waals surface area contributed by atoms with E-state index in [4.69, 9.17) is 0 Å². The maximum atomic E-state index is 4.40. The molecule has 1 aromatic heterocycles. The Balaban J connectivity index is 1.75. The van der Waals surface area contributed by atoms with Crippen molar-refractivity contribution in [3.63, 3.8) is 0 Å². The maximum Gasteiger partial charge on any atom is 0.225 e. The van der Waals surface area contributed by atoms with E-state index in [1.165, 1.54) is 19.4 Å². The van der Waals surface area contributed by atoms with E-state index in [9.17, 15) is 0 Å². The highest BCUT2D eigenvalue weighted by molar-refractivity contribution is 14.1. The molecule has 16 heavy (non-hydrogen) atoms. The van der Waals surface area contributed by atoms with Gasteiger partial charge in [0.25, 0.3) is 0 Å². The van der Waals surface area contributed by atoms with Gasteiger partial charge in [-0.15, -0.1) is 0 Å². The van der Waals surface area contributed by atoms with E-state index >= 15 is 0 Å². The molecule has 86 valence electrons. The van der Waals surface area contributed by atoms with Gasteiger partial charge >= 0.3 is 0 Å². The third-order valence-electron chi connectivity index (χ3n) is 3.49. The minimum atomic E-state index is 0.650. The van der Waals surface area contributed by atoms with Gasteiger partial charge in [0, 0.05) is 35.1 Å². The topological polar surface area (TPSA) is 41.1 Å². The summed E-state index contributed by atoms with van der Waals surface area (Å²) in [6.07, 6.45) is 6.43. The Labute approximate surface area is 109 Å². The molecule has 2 fully saturated rings. The van der Waals surface area contributed by atoms with Gasteiger partial charge in [-0.2, -0.15) is 0 Å². The average Bonchev–Trinajstić information content (AvgIpc) is 2.73. The summed E-state index contributed by atoms with van der Waals surface area (Å²) >= 11 is 2.24. The summed E-state index contributed by atoms with van der Waals surface area (Å²) < 4.78 is 1.09. The van der Waals surface area contributed by atoms with Gasteiger partial charge in [0.05, 0.1) is 0 Å². The van der Waals surface area contributed by atoms with Gasteiger partial charge in [-0.1, -0.05) is 0 Å². The molecule has 2 aliphatic rings. The number of nitrogens with one attached hydrogen (secondary N) is 1. The van der Waals surface area contributed by atoms with E-state index < -0.39 is 0 Å². The molecule has 0 aromatic carbocycles. The van der Waals surface area contributed by atoms with Gasteiger partial charge in [0.15, 0.2) is 0 Å². The predicted octanol–water partition coefficient (Wildman–Crippen LogP) is 1.27. The molecule has 4 nitrogen and oxygen atoms in total. The number of aromatic nitrogens is 2. The van der Waals surface area contributed by atoms with Crippen LogP contribution in [-0.2, 0) is 0 Å². The van der Waals surface area contributed by atoms with Gasteiger partial charge in [0.2, 0.25) is 5.95 Å². The van der Waals surface area contributed by atoms with Crippen LogP contribution in [0.3, 0.4) is 0 Å². The zero-order valence-electron chi connectivity index (χ0n) is 9.06. The van der Waals surface area contributed by atoms with Crippen LogP contribution in [0, 0.1) is 9.49 Å². The molecule has 2 saturated heterocycles. The Morgan fingerprint density at radius 2 is 2.12 bits per heavy atom. The molecule has 0 aliphatic carbocycles. The monoisotopic (exact) mass is 330 g/mol. The second kappa shape index (κ2) is 4.44. The minimum Gasteiger partial charge on any atom is -0.339 e. The molecular formula is C11H15IN4. The lowest BCUT2D eigenvalue weighted by atomic mass is 9.94. The molecule has 0 radical (unpaired) electrons. The number of hydrogen-bond donors (Lipinski definition) is 1. The zero-order chi connectivity index (χ0) is 11.0. The van der Waals surface area contributed by atoms with Crippen LogP contribution in [0.5, 0.6) is 0 Å². The first-order chi connectivity index (χ1) is 7.83. The van der Waals surface area contributed by atoms with E-state index in [2.05, 4.69) is 42.8 Å². The molecule has 1 N–H and O–H groups in total. The largest absolute Gasteiger partial charge is 0.339 e. The van der Waals surface area contributed by atoms with E-state index in [1.54, 1.807) is 0 Å². The van der Waals surface area contributed by atoms with Gasteiger partial charge < -0.3 is 10.2 Å². The average molecular weight is 330 g/mol. The van der Waals surface area contributed by atoms with Crippen molar-refractivity contribution >= 4 is 28.5 Å². The Morgan fingerprint density at radius 1 is 1.31 bits per heavy atom. The van der Waals surface area contributed by atoms with Crippen molar-refractivity contribution in [2.45, 2.75) is 18.9 Å². The standard InChI is InChI=1S/C11H15IN4/c12-9-4-14-11(15-5-9)16-6-8-2-1-3-13-10(8)7-16/h4-5,8,10,13H,1-3,6-7H2. The molecule has 2 atom stereocenters. The van der Waals surface area contributed by atoms with Crippen LogP contribution in [0.1, 0.15) is 12.8 Å². The highest BCUT2D eigenvalue weighted by Gasteiger charge is 2.35. The second-order valence-corrected chi connectivity index (χ2v) is 5.81. The Kier molecular flexibility index (Phi) is 2.97. The molecule has 2 aliphatic heterocycles. The third kappa shape index (κ3) is 2.02. The summed E-state index contributed by atoms with van der Waals surface area (Å²) in [5.74, 6) is 1.67. The first-order valence-electron chi connectivity index (χ1n) is 5.79. The quantitative estimate of drug-likeness (QED) is 0.788. The summed E-state index contributed by atoms with van der Waals surface area (Å²) in [5.41, 5.74) is 0. The Hall–Kier alpha value is -0.430. The van der Waals surface area contributed by atoms with Crippen LogP contribution in [0.25, 0.3) is 0 Å². The van der Waals surface area contributed by atoms with Crippen LogP contribution in [-0.4, -0.2) is 35.6 Å². The minimum absolute atomic E-state index is 0.650. The van der Waals surface area contributed by atoms with Crippen molar-refractivity contribution in [3.8, 4) is 0 Å². The van der Waals surface area contributed by atoms with Crippen LogP contribution in [0.4, 0.5) is 5.95 Å². The van der Waals surface area contributed by atoms with Gasteiger partial charge in [-0.25, -0.2) is 9.97 Å². The molecule has 1 aromatic rings. The first kappa shape index (κ1) is 10.7. The number of anilines is 1. The fourth-order valence-electron chi connectivity index (χ4n) is 2.68. The normalized spacial score (nSPS) is 29.2. The van der Waals surface area contributed by atoms with Crippen molar-refractivity contribution in [1.29, 1.82) is 0 Å². The van der Waals surface area contributed by atoms with Crippen molar-refractivity contribution in [3.05, 3.63) is 16.0 Å². The van der Waals surface area contributed by atoms with Crippen molar-refractivity contribution in [1.82, 2.24) is 15.3 Å². The molecule has 2 unspecified atom stereocenters. The highest BCUT2D eigenvalue weighted by Crippen LogP contribution is 2.26. The molecule has 0 amide bonds. The maximum absolute atomic E-state index is 4.40. The van der Waals surface area contributed by atoms with Crippen molar-refractivity contribution in [2.75, 3.05) is 24.5 Å². The van der Waals surface area contributed by atoms with Gasteiger partial charge in [-0.05, 0) is 47.9 Å². The van der Waals surface area contributed by atoms with Crippen molar-refractivity contribution in [2.24, 2.45) is 5.92 Å². The number of fused-ring (bicyclic) bond motifs is 1. The summed E-state index contributed by atoms with van der Waals surface area (Å²) in [5, 5.41) is 3.59. The molecule has 0 spiro atoms. The fourth-order valence-corrected chi connectivity index (χ4v) is 2.96. The third-order valence-corrected chi connectivity index (χ3v) is 4.05. The first-order valence-corrected chi connectivity index (χ1v) is 6.87. The predicted molar refractivity (Wildman–Crippen MR) is 71.5 cm³/mol. The van der Waals surface area contributed by atoms with Crippen molar-refractivity contribution < 1.29 is 0 Å². The molecule has 3 heterocycles. The van der Waals surface area contributed by atoms with E-state index in [0.717, 1.165) is 28.5 Å². The van der Waals surface area contributed by atoms with E-state index in [0.29, 0.717) is 6.04 Å². The molecule has 5 heteroatoms. The zero-order valence-corrected chi connectivity index (χ0v) is 11.2. The smallest absolute Gasteiger partial charge is 0.225 e. The fraction of sp³-hybridized carbons (Fsp3) is 0.636. The van der Waals surface area contributed by atoms with Crippen LogP contribution >= 0.6 is 22.6 Å². The SMILES string of the molecule is Ic1cnc(N2CC3CCCNC3C2)nc1. The Morgan fingerprint density at radius 3 is 2.88 bits per heavy atom. The summed E-state index contributed by atoms with van der Waals surface area (Å²) in [6, 6.07) is 0.650. The highest BCUT2D eigenvalue weighted by atomic mass is 127. The summed E-state index contributed by atoms with van der Waals surface area (Å²) in [6.45, 7) is 3.34. The van der Waals surface area contributed by atoms with Gasteiger partial charge in [0.1, 0.15) is 0 Å². The number of piperidine rings is 1. The summed E-state index contributed by atoms with van der Waals surface area (Å²) in [4.78, 5) is 11.1. The lowest BCUT2D eigenvalue weighted by Gasteiger charge is -2.24. The molecular weight excluding hydrogens is 315 g/mol. The van der Waals surface area contributed by atoms with Crippen LogP contribution in [0.2, 0.25) is 0 Å². The lowest BCUT2D eigenvalue weighted by molar-refractivity contribution is 0.340. The number of nitrogens with zero attached hydrogens (tertiary/aromatic N) is 3. The lowest BCUT2D eigenvalue weighted by Crippen LogP contribution is -2.40. The van der Waals surface area contributed by atoms with Crippen LogP contribution < -0.4 is 10.2 Å². The van der Waals surface area contributed by atoms with Gasteiger partial charge in [-0.3, -0.25) is 0 Å². The van der Waals surface area contributed by atoms with E-state index in [1.807, 2.05) is 12.4 Å². The van der Waals surface area contributed by atoms with Crippen LogP contribution in [0.15, 0.2) is 12.4 Å². The number of rotatable bonds is 1. The molecule has 0 saturated carbocycles. The molecule has 3 rings (SSSR count). The second-order valence-electron chi connectivity index (χ2n) is 4.57. The number of hydrogen-bond acceptors (Lipinski definition) is 4.